The number of hydrogen-bond donors (Lipinski definition) is 0. The van der Waals surface area contributed by atoms with E-state index in [2.05, 4.69) is 38.5 Å². The maximum atomic E-state index is 12.4. The molecule has 0 bridgehead atoms. The Morgan fingerprint density at radius 1 is 1.04 bits per heavy atom. The van der Waals surface area contributed by atoms with E-state index in [-0.39, 0.29) is 12.1 Å². The van der Waals surface area contributed by atoms with E-state index in [9.17, 15) is 8.42 Å². The van der Waals surface area contributed by atoms with Crippen LogP contribution in [-0.2, 0) is 21.3 Å². The first-order valence-electron chi connectivity index (χ1n) is 9.21. The molecule has 2 atom stereocenters. The lowest BCUT2D eigenvalue weighted by atomic mass is 10.1. The predicted octanol–water partition coefficient (Wildman–Crippen LogP) is 1.72. The Kier molecular flexibility index (Phi) is 4.03. The van der Waals surface area contributed by atoms with E-state index >= 15 is 0 Å². The van der Waals surface area contributed by atoms with Crippen molar-refractivity contribution >= 4 is 15.9 Å². The average molecular weight is 383 g/mol. The standard InChI is InChI=1S/C20H21N3O3S/c24-27(25)19-9-5-4-8-16(19)20(21-27)23-13-17-18(14-23)26-11-10-22(17)12-15-6-2-1-3-7-15/h1-9,17-18H,10-14H2. The molecule has 140 valence electrons. The Balaban J connectivity index is 1.40. The van der Waals surface area contributed by atoms with Crippen LogP contribution in [0.1, 0.15) is 11.1 Å². The summed E-state index contributed by atoms with van der Waals surface area (Å²) in [5.74, 6) is 0.559. The molecule has 3 aliphatic heterocycles. The molecule has 2 saturated heterocycles. The van der Waals surface area contributed by atoms with Crippen molar-refractivity contribution in [1.29, 1.82) is 0 Å². The zero-order valence-electron chi connectivity index (χ0n) is 14.9. The fourth-order valence-corrected chi connectivity index (χ4v) is 5.49. The van der Waals surface area contributed by atoms with Crippen molar-refractivity contribution in [2.75, 3.05) is 26.2 Å². The number of nitrogens with zero attached hydrogens (tertiary/aromatic N) is 3. The number of ether oxygens (including phenoxy) is 1. The molecule has 0 spiro atoms. The molecule has 2 fully saturated rings. The first-order chi connectivity index (χ1) is 13.1. The van der Waals surface area contributed by atoms with Gasteiger partial charge >= 0.3 is 0 Å². The lowest BCUT2D eigenvalue weighted by molar-refractivity contribution is -0.0502. The van der Waals surface area contributed by atoms with Crippen molar-refractivity contribution in [3.8, 4) is 0 Å². The Morgan fingerprint density at radius 3 is 2.67 bits per heavy atom. The van der Waals surface area contributed by atoms with E-state index in [1.807, 2.05) is 18.2 Å². The van der Waals surface area contributed by atoms with Gasteiger partial charge in [-0.05, 0) is 17.7 Å². The number of amidine groups is 1. The van der Waals surface area contributed by atoms with E-state index in [4.69, 9.17) is 4.74 Å². The number of rotatable bonds is 2. The highest BCUT2D eigenvalue weighted by Gasteiger charge is 2.43. The summed E-state index contributed by atoms with van der Waals surface area (Å²) in [6.07, 6.45) is 0.0700. The van der Waals surface area contributed by atoms with Crippen LogP contribution in [0.3, 0.4) is 0 Å². The van der Waals surface area contributed by atoms with Crippen molar-refractivity contribution in [2.24, 2.45) is 4.40 Å². The Bertz CT molecular complexity index is 991. The normalized spacial score (nSPS) is 26.5. The largest absolute Gasteiger partial charge is 0.373 e. The monoisotopic (exact) mass is 383 g/mol. The minimum Gasteiger partial charge on any atom is -0.373 e. The van der Waals surface area contributed by atoms with Gasteiger partial charge in [-0.25, -0.2) is 0 Å². The second-order valence-electron chi connectivity index (χ2n) is 7.22. The Labute approximate surface area is 159 Å². The lowest BCUT2D eigenvalue weighted by Gasteiger charge is -2.36. The first-order valence-corrected chi connectivity index (χ1v) is 10.6. The van der Waals surface area contributed by atoms with Crippen molar-refractivity contribution < 1.29 is 13.2 Å². The van der Waals surface area contributed by atoms with Gasteiger partial charge in [0, 0.05) is 31.7 Å². The Morgan fingerprint density at radius 2 is 1.81 bits per heavy atom. The molecule has 7 heteroatoms. The van der Waals surface area contributed by atoms with Crippen LogP contribution >= 0.6 is 0 Å². The number of likely N-dealkylation sites (tertiary alicyclic amines) is 1. The van der Waals surface area contributed by atoms with Gasteiger partial charge in [0.2, 0.25) is 0 Å². The molecule has 0 aromatic heterocycles. The smallest absolute Gasteiger partial charge is 0.285 e. The molecule has 0 amide bonds. The summed E-state index contributed by atoms with van der Waals surface area (Å²) < 4.78 is 34.9. The molecule has 0 radical (unpaired) electrons. The summed E-state index contributed by atoms with van der Waals surface area (Å²) in [5, 5.41) is 0. The molecular formula is C20H21N3O3S. The zero-order chi connectivity index (χ0) is 18.4. The van der Waals surface area contributed by atoms with Gasteiger partial charge in [-0.3, -0.25) is 4.90 Å². The van der Waals surface area contributed by atoms with Crippen molar-refractivity contribution in [3.05, 3.63) is 65.7 Å². The fourth-order valence-electron chi connectivity index (χ4n) is 4.26. The van der Waals surface area contributed by atoms with Crippen molar-refractivity contribution in [1.82, 2.24) is 9.80 Å². The lowest BCUT2D eigenvalue weighted by Crippen LogP contribution is -2.50. The number of hydrogen-bond acceptors (Lipinski definition) is 5. The molecule has 2 unspecified atom stereocenters. The number of benzene rings is 2. The average Bonchev–Trinajstić information content (AvgIpc) is 3.23. The van der Waals surface area contributed by atoms with Crippen LogP contribution in [-0.4, -0.2) is 62.4 Å². The van der Waals surface area contributed by atoms with E-state index < -0.39 is 10.0 Å². The fraction of sp³-hybridized carbons (Fsp3) is 0.350. The van der Waals surface area contributed by atoms with Crippen LogP contribution in [0, 0.1) is 0 Å². The van der Waals surface area contributed by atoms with Gasteiger partial charge < -0.3 is 9.64 Å². The van der Waals surface area contributed by atoms with Gasteiger partial charge in [0.25, 0.3) is 10.0 Å². The molecule has 0 N–H and O–H groups in total. The summed E-state index contributed by atoms with van der Waals surface area (Å²) >= 11 is 0. The van der Waals surface area contributed by atoms with Gasteiger partial charge in [-0.2, -0.15) is 8.42 Å². The van der Waals surface area contributed by atoms with Crippen LogP contribution < -0.4 is 0 Å². The molecule has 27 heavy (non-hydrogen) atoms. The number of fused-ring (bicyclic) bond motifs is 2. The van der Waals surface area contributed by atoms with Crippen LogP contribution in [0.25, 0.3) is 0 Å². The third kappa shape index (κ3) is 2.96. The van der Waals surface area contributed by atoms with Crippen molar-refractivity contribution in [3.63, 3.8) is 0 Å². The zero-order valence-corrected chi connectivity index (χ0v) is 15.7. The second-order valence-corrected chi connectivity index (χ2v) is 8.80. The molecule has 2 aromatic carbocycles. The summed E-state index contributed by atoms with van der Waals surface area (Å²) in [6, 6.07) is 17.7. The van der Waals surface area contributed by atoms with E-state index in [0.717, 1.165) is 19.6 Å². The first kappa shape index (κ1) is 16.9. The van der Waals surface area contributed by atoms with Crippen LogP contribution in [0.15, 0.2) is 63.9 Å². The number of morpholine rings is 1. The second kappa shape index (κ2) is 6.44. The highest BCUT2D eigenvalue weighted by Crippen LogP contribution is 2.31. The SMILES string of the molecule is O=S1(=O)N=C(N2CC3OCCN(Cc4ccccc4)C3C2)c2ccccc21. The minimum absolute atomic E-state index is 0.0700. The molecule has 6 nitrogen and oxygen atoms in total. The predicted molar refractivity (Wildman–Crippen MR) is 102 cm³/mol. The maximum absolute atomic E-state index is 12.4. The van der Waals surface area contributed by atoms with E-state index in [1.165, 1.54) is 5.56 Å². The maximum Gasteiger partial charge on any atom is 0.285 e. The minimum atomic E-state index is -3.60. The molecular weight excluding hydrogens is 362 g/mol. The van der Waals surface area contributed by atoms with Gasteiger partial charge in [-0.15, -0.1) is 4.40 Å². The van der Waals surface area contributed by atoms with Crippen LogP contribution in [0.2, 0.25) is 0 Å². The summed E-state index contributed by atoms with van der Waals surface area (Å²) in [6.45, 7) is 3.84. The third-order valence-corrected chi connectivity index (χ3v) is 6.88. The highest BCUT2D eigenvalue weighted by atomic mass is 32.2. The highest BCUT2D eigenvalue weighted by molar-refractivity contribution is 7.90. The quantitative estimate of drug-likeness (QED) is 0.790. The Hall–Kier alpha value is -2.22. The molecule has 2 aromatic rings. The summed E-state index contributed by atoms with van der Waals surface area (Å²) in [4.78, 5) is 4.82. The molecule has 5 rings (SSSR count). The molecule has 0 saturated carbocycles. The molecule has 0 aliphatic carbocycles. The van der Waals surface area contributed by atoms with E-state index in [1.54, 1.807) is 12.1 Å². The van der Waals surface area contributed by atoms with Crippen LogP contribution in [0.4, 0.5) is 0 Å². The summed E-state index contributed by atoms with van der Waals surface area (Å²) in [5.41, 5.74) is 1.98. The molecule has 3 heterocycles. The van der Waals surface area contributed by atoms with Gasteiger partial charge in [0.1, 0.15) is 4.90 Å². The van der Waals surface area contributed by atoms with Crippen LogP contribution in [0.5, 0.6) is 0 Å². The van der Waals surface area contributed by atoms with Gasteiger partial charge in [0.05, 0.1) is 18.8 Å². The third-order valence-electron chi connectivity index (χ3n) is 5.56. The molecule has 3 aliphatic rings. The number of sulfonamides is 1. The topological polar surface area (TPSA) is 62.2 Å². The van der Waals surface area contributed by atoms with E-state index in [0.29, 0.717) is 29.4 Å². The van der Waals surface area contributed by atoms with Gasteiger partial charge in [-0.1, -0.05) is 42.5 Å². The summed E-state index contributed by atoms with van der Waals surface area (Å²) in [7, 11) is -3.60. The van der Waals surface area contributed by atoms with Gasteiger partial charge in [0.15, 0.2) is 5.84 Å². The van der Waals surface area contributed by atoms with Crippen molar-refractivity contribution in [2.45, 2.75) is 23.6 Å².